The zero-order chi connectivity index (χ0) is 20.7. The predicted octanol–water partition coefficient (Wildman–Crippen LogP) is 3.49. The molecule has 0 radical (unpaired) electrons. The van der Waals surface area contributed by atoms with Crippen LogP contribution < -0.4 is 4.74 Å². The summed E-state index contributed by atoms with van der Waals surface area (Å²) in [6.45, 7) is 10.3. The average molecular weight is 398 g/mol. The topological polar surface area (TPSA) is 56.6 Å². The quantitative estimate of drug-likeness (QED) is 0.796. The number of ether oxygens (including phenoxy) is 2. The van der Waals surface area contributed by atoms with Gasteiger partial charge in [-0.3, -0.25) is 4.79 Å². The lowest BCUT2D eigenvalue weighted by Gasteiger charge is -2.34. The number of nitrogens with zero attached hydrogens (tertiary/aromatic N) is 3. The molecule has 3 atom stereocenters. The van der Waals surface area contributed by atoms with Crippen molar-refractivity contribution >= 4 is 5.91 Å². The number of morpholine rings is 1. The molecule has 156 valence electrons. The fourth-order valence-electron chi connectivity index (χ4n) is 4.87. The third-order valence-electron chi connectivity index (χ3n) is 6.08. The van der Waals surface area contributed by atoms with E-state index in [9.17, 15) is 4.79 Å². The van der Waals surface area contributed by atoms with Gasteiger partial charge in [0, 0.05) is 38.2 Å². The summed E-state index contributed by atoms with van der Waals surface area (Å²) < 4.78 is 13.4. The van der Waals surface area contributed by atoms with Crippen molar-refractivity contribution in [2.24, 2.45) is 0 Å². The van der Waals surface area contributed by atoms with Crippen molar-refractivity contribution in [1.29, 1.82) is 0 Å². The molecule has 2 aliphatic heterocycles. The van der Waals surface area contributed by atoms with Crippen LogP contribution in [0.1, 0.15) is 59.2 Å². The summed E-state index contributed by atoms with van der Waals surface area (Å²) in [5.74, 6) is 2.42. The number of aryl methyl sites for hydroxylation is 3. The lowest BCUT2D eigenvalue weighted by atomic mass is 9.89. The maximum absolute atomic E-state index is 13.0. The molecule has 2 aliphatic rings. The minimum absolute atomic E-state index is 0.0154. The molecule has 0 bridgehead atoms. The van der Waals surface area contributed by atoms with Gasteiger partial charge in [-0.2, -0.15) is 0 Å². The van der Waals surface area contributed by atoms with Crippen molar-refractivity contribution in [3.05, 3.63) is 46.5 Å². The summed E-state index contributed by atoms with van der Waals surface area (Å²) in [5, 5.41) is 0. The second-order valence-electron chi connectivity index (χ2n) is 8.59. The Morgan fingerprint density at radius 2 is 1.79 bits per heavy atom. The molecule has 0 spiro atoms. The van der Waals surface area contributed by atoms with Crippen LogP contribution in [0.2, 0.25) is 0 Å². The minimum Gasteiger partial charge on any atom is -0.496 e. The number of carbonyl (C=O) groups is 1. The standard InChI is InChI=1S/C23H31N3O3/c1-14-8-19(9-15(2)22(14)28-5)18-6-7-21-24-20(13-25(21)12-18)23(27)26-10-16(3)29-17(4)11-26/h8-9,13,16-18H,6-7,10-12H2,1-5H3. The van der Waals surface area contributed by atoms with Gasteiger partial charge in [-0.25, -0.2) is 4.98 Å². The van der Waals surface area contributed by atoms with E-state index in [1.54, 1.807) is 7.11 Å². The van der Waals surface area contributed by atoms with Crippen LogP contribution >= 0.6 is 0 Å². The predicted molar refractivity (Wildman–Crippen MR) is 112 cm³/mol. The first kappa shape index (κ1) is 20.0. The van der Waals surface area contributed by atoms with Crippen molar-refractivity contribution in [2.75, 3.05) is 20.2 Å². The van der Waals surface area contributed by atoms with Gasteiger partial charge in [-0.05, 0) is 50.8 Å². The largest absolute Gasteiger partial charge is 0.496 e. The first-order valence-corrected chi connectivity index (χ1v) is 10.5. The molecule has 0 aliphatic carbocycles. The second kappa shape index (κ2) is 7.82. The zero-order valence-electron chi connectivity index (χ0n) is 18.1. The highest BCUT2D eigenvalue weighted by Crippen LogP contribution is 2.33. The molecular weight excluding hydrogens is 366 g/mol. The third kappa shape index (κ3) is 3.90. The van der Waals surface area contributed by atoms with Crippen LogP contribution in [0.3, 0.4) is 0 Å². The number of amides is 1. The number of benzene rings is 1. The van der Waals surface area contributed by atoms with Crippen molar-refractivity contribution in [2.45, 2.75) is 65.2 Å². The Bertz CT molecular complexity index is 887. The van der Waals surface area contributed by atoms with Gasteiger partial charge in [0.15, 0.2) is 0 Å². The van der Waals surface area contributed by atoms with E-state index in [4.69, 9.17) is 9.47 Å². The van der Waals surface area contributed by atoms with Gasteiger partial charge in [-0.15, -0.1) is 0 Å². The number of hydrogen-bond acceptors (Lipinski definition) is 4. The van der Waals surface area contributed by atoms with E-state index in [-0.39, 0.29) is 18.1 Å². The molecule has 0 N–H and O–H groups in total. The van der Waals surface area contributed by atoms with E-state index in [2.05, 4.69) is 35.5 Å². The third-order valence-corrected chi connectivity index (χ3v) is 6.08. The molecule has 1 aromatic heterocycles. The SMILES string of the molecule is COc1c(C)cc(C2CCc3nc(C(=O)N4CC(C)OC(C)C4)cn3C2)cc1C. The number of carbonyl (C=O) groups excluding carboxylic acids is 1. The van der Waals surface area contributed by atoms with E-state index < -0.39 is 0 Å². The molecule has 29 heavy (non-hydrogen) atoms. The number of fused-ring (bicyclic) bond motifs is 1. The summed E-state index contributed by atoms with van der Waals surface area (Å²) in [5.41, 5.74) is 4.24. The van der Waals surface area contributed by atoms with Gasteiger partial charge in [0.1, 0.15) is 17.3 Å². The molecule has 1 amide bonds. The first-order chi connectivity index (χ1) is 13.9. The summed E-state index contributed by atoms with van der Waals surface area (Å²) in [6, 6.07) is 4.47. The van der Waals surface area contributed by atoms with Crippen molar-refractivity contribution in [3.63, 3.8) is 0 Å². The number of rotatable bonds is 3. The summed E-state index contributed by atoms with van der Waals surface area (Å²) >= 11 is 0. The van der Waals surface area contributed by atoms with Crippen molar-refractivity contribution in [1.82, 2.24) is 14.5 Å². The molecule has 0 saturated carbocycles. The zero-order valence-corrected chi connectivity index (χ0v) is 18.1. The highest BCUT2D eigenvalue weighted by molar-refractivity contribution is 5.92. The molecule has 6 nitrogen and oxygen atoms in total. The maximum Gasteiger partial charge on any atom is 0.274 e. The van der Waals surface area contributed by atoms with Crippen LogP contribution in [0.4, 0.5) is 0 Å². The van der Waals surface area contributed by atoms with E-state index in [0.717, 1.165) is 31.0 Å². The summed E-state index contributed by atoms with van der Waals surface area (Å²) in [4.78, 5) is 19.6. The lowest BCUT2D eigenvalue weighted by Crippen LogP contribution is -2.48. The average Bonchev–Trinajstić information content (AvgIpc) is 3.09. The Hall–Kier alpha value is -2.34. The van der Waals surface area contributed by atoms with E-state index in [0.29, 0.717) is 24.7 Å². The number of hydrogen-bond donors (Lipinski definition) is 0. The second-order valence-corrected chi connectivity index (χ2v) is 8.59. The lowest BCUT2D eigenvalue weighted by molar-refractivity contribution is -0.0587. The summed E-state index contributed by atoms with van der Waals surface area (Å²) in [6.07, 6.45) is 3.99. The maximum atomic E-state index is 13.0. The van der Waals surface area contributed by atoms with E-state index in [1.165, 1.54) is 16.7 Å². The first-order valence-electron chi connectivity index (χ1n) is 10.5. The van der Waals surface area contributed by atoms with Crippen LogP contribution in [0.25, 0.3) is 0 Å². The Balaban J connectivity index is 1.53. The Morgan fingerprint density at radius 3 is 2.41 bits per heavy atom. The van der Waals surface area contributed by atoms with Gasteiger partial charge in [0.25, 0.3) is 5.91 Å². The summed E-state index contributed by atoms with van der Waals surface area (Å²) in [7, 11) is 1.72. The Morgan fingerprint density at radius 1 is 1.14 bits per heavy atom. The molecular formula is C23H31N3O3. The van der Waals surface area contributed by atoms with Crippen LogP contribution in [0.15, 0.2) is 18.3 Å². The molecule has 1 aromatic carbocycles. The Labute approximate surface area is 172 Å². The molecule has 4 rings (SSSR count). The van der Waals surface area contributed by atoms with Gasteiger partial charge in [0.2, 0.25) is 0 Å². The normalized spacial score (nSPS) is 24.3. The number of methoxy groups -OCH3 is 1. The van der Waals surface area contributed by atoms with Crippen LogP contribution in [0, 0.1) is 13.8 Å². The molecule has 3 unspecified atom stereocenters. The fourth-order valence-corrected chi connectivity index (χ4v) is 4.87. The van der Waals surface area contributed by atoms with Crippen LogP contribution in [0.5, 0.6) is 5.75 Å². The number of imidazole rings is 1. The molecule has 1 fully saturated rings. The van der Waals surface area contributed by atoms with Gasteiger partial charge in [0.05, 0.1) is 19.3 Å². The highest BCUT2D eigenvalue weighted by Gasteiger charge is 2.30. The van der Waals surface area contributed by atoms with Gasteiger partial charge < -0.3 is 18.9 Å². The van der Waals surface area contributed by atoms with Crippen LogP contribution in [-0.4, -0.2) is 52.8 Å². The fraction of sp³-hybridized carbons (Fsp3) is 0.565. The van der Waals surface area contributed by atoms with E-state index >= 15 is 0 Å². The smallest absolute Gasteiger partial charge is 0.274 e. The van der Waals surface area contributed by atoms with Gasteiger partial charge in [-0.1, -0.05) is 12.1 Å². The van der Waals surface area contributed by atoms with E-state index in [1.807, 2.05) is 24.9 Å². The van der Waals surface area contributed by atoms with Crippen LogP contribution in [-0.2, 0) is 17.7 Å². The van der Waals surface area contributed by atoms with Gasteiger partial charge >= 0.3 is 0 Å². The number of aromatic nitrogens is 2. The Kier molecular flexibility index (Phi) is 5.38. The monoisotopic (exact) mass is 397 g/mol. The highest BCUT2D eigenvalue weighted by atomic mass is 16.5. The molecule has 1 saturated heterocycles. The van der Waals surface area contributed by atoms with Crippen molar-refractivity contribution in [3.8, 4) is 5.75 Å². The van der Waals surface area contributed by atoms with Crippen molar-refractivity contribution < 1.29 is 14.3 Å². The molecule has 2 aromatic rings. The molecule has 3 heterocycles. The molecule has 6 heteroatoms. The minimum atomic E-state index is 0.0154.